The molecule has 0 radical (unpaired) electrons. The predicted octanol–water partition coefficient (Wildman–Crippen LogP) is 5.54. The van der Waals surface area contributed by atoms with Crippen LogP contribution in [0, 0.1) is 13.8 Å². The van der Waals surface area contributed by atoms with Gasteiger partial charge in [0.05, 0.1) is 0 Å². The molecule has 3 rings (SSSR count). The van der Waals surface area contributed by atoms with Crippen molar-refractivity contribution >= 4 is 11.8 Å². The van der Waals surface area contributed by atoms with Crippen molar-refractivity contribution in [2.45, 2.75) is 71.9 Å². The number of benzene rings is 1. The summed E-state index contributed by atoms with van der Waals surface area (Å²) < 4.78 is 5.62. The van der Waals surface area contributed by atoms with Gasteiger partial charge in [-0.15, -0.1) is 0 Å². The molecule has 168 valence electrons. The molecular formula is C26H37N3O2. The zero-order valence-corrected chi connectivity index (χ0v) is 19.7. The highest BCUT2D eigenvalue weighted by atomic mass is 16.6. The molecule has 2 heterocycles. The lowest BCUT2D eigenvalue weighted by Gasteiger charge is -2.35. The number of anilines is 1. The Kier molecular flexibility index (Phi) is 7.58. The van der Waals surface area contributed by atoms with E-state index in [1.54, 1.807) is 0 Å². The van der Waals surface area contributed by atoms with Crippen molar-refractivity contribution in [2.75, 3.05) is 24.5 Å². The highest BCUT2D eigenvalue weighted by Crippen LogP contribution is 2.28. The molecule has 31 heavy (non-hydrogen) atoms. The van der Waals surface area contributed by atoms with Crippen LogP contribution in [-0.4, -0.2) is 47.3 Å². The van der Waals surface area contributed by atoms with Gasteiger partial charge < -0.3 is 14.5 Å². The second-order valence-electron chi connectivity index (χ2n) is 9.64. The van der Waals surface area contributed by atoms with Gasteiger partial charge in [-0.1, -0.05) is 17.7 Å². The maximum atomic E-state index is 12.6. The van der Waals surface area contributed by atoms with Crippen molar-refractivity contribution in [1.29, 1.82) is 0 Å². The fraction of sp³-hybridized carbons (Fsp3) is 0.538. The maximum absolute atomic E-state index is 12.6. The van der Waals surface area contributed by atoms with Crippen LogP contribution >= 0.6 is 0 Å². The predicted molar refractivity (Wildman–Crippen MR) is 127 cm³/mol. The van der Waals surface area contributed by atoms with Crippen LogP contribution in [0.4, 0.5) is 10.5 Å². The summed E-state index contributed by atoms with van der Waals surface area (Å²) in [4.78, 5) is 21.2. The molecule has 2 aromatic rings. The van der Waals surface area contributed by atoms with Gasteiger partial charge >= 0.3 is 6.09 Å². The SMILES string of the molecule is Cc1ccc(N(CCc2ccncc2)[C@H]2CCCN(C(=O)OC(C)(C)C)CC2)c(C)c1. The molecule has 1 aromatic carbocycles. The minimum Gasteiger partial charge on any atom is -0.444 e. The zero-order valence-electron chi connectivity index (χ0n) is 19.7. The van der Waals surface area contributed by atoms with Crippen LogP contribution in [-0.2, 0) is 11.2 Å². The summed E-state index contributed by atoms with van der Waals surface area (Å²) in [7, 11) is 0. The minimum atomic E-state index is -0.460. The molecule has 1 aromatic heterocycles. The number of nitrogens with zero attached hydrogens (tertiary/aromatic N) is 3. The second kappa shape index (κ2) is 10.2. The summed E-state index contributed by atoms with van der Waals surface area (Å²) in [6, 6.07) is 11.3. The molecule has 5 heteroatoms. The van der Waals surface area contributed by atoms with Crippen LogP contribution < -0.4 is 4.90 Å². The van der Waals surface area contributed by atoms with E-state index in [1.165, 1.54) is 22.4 Å². The highest BCUT2D eigenvalue weighted by molar-refractivity contribution is 5.68. The van der Waals surface area contributed by atoms with Crippen molar-refractivity contribution in [2.24, 2.45) is 0 Å². The summed E-state index contributed by atoms with van der Waals surface area (Å²) >= 11 is 0. The van der Waals surface area contributed by atoms with Gasteiger partial charge in [0.15, 0.2) is 0 Å². The molecule has 1 atom stereocenters. The topological polar surface area (TPSA) is 45.7 Å². The third-order valence-electron chi connectivity index (χ3n) is 5.84. The Morgan fingerprint density at radius 3 is 2.55 bits per heavy atom. The van der Waals surface area contributed by atoms with Gasteiger partial charge in [-0.3, -0.25) is 4.98 Å². The number of carbonyl (C=O) groups is 1. The van der Waals surface area contributed by atoms with Crippen LogP contribution in [0.1, 0.15) is 56.7 Å². The number of aromatic nitrogens is 1. The Morgan fingerprint density at radius 2 is 1.87 bits per heavy atom. The Bertz CT molecular complexity index is 861. The third kappa shape index (κ3) is 6.71. The summed E-state index contributed by atoms with van der Waals surface area (Å²) in [5.74, 6) is 0. The Balaban J connectivity index is 1.76. The number of pyridine rings is 1. The van der Waals surface area contributed by atoms with Crippen LogP contribution in [0.5, 0.6) is 0 Å². The molecule has 0 spiro atoms. The highest BCUT2D eigenvalue weighted by Gasteiger charge is 2.28. The zero-order chi connectivity index (χ0) is 22.4. The van der Waals surface area contributed by atoms with Gasteiger partial charge in [0.25, 0.3) is 0 Å². The molecule has 5 nitrogen and oxygen atoms in total. The van der Waals surface area contributed by atoms with Crippen molar-refractivity contribution in [3.05, 3.63) is 59.4 Å². The lowest BCUT2D eigenvalue weighted by Crippen LogP contribution is -2.40. The average Bonchev–Trinajstić information content (AvgIpc) is 2.95. The molecule has 1 aliphatic heterocycles. The largest absolute Gasteiger partial charge is 0.444 e. The van der Waals surface area contributed by atoms with E-state index in [4.69, 9.17) is 4.74 Å². The maximum Gasteiger partial charge on any atom is 0.410 e. The van der Waals surface area contributed by atoms with E-state index in [0.29, 0.717) is 6.04 Å². The molecule has 1 saturated heterocycles. The van der Waals surface area contributed by atoms with E-state index in [-0.39, 0.29) is 6.09 Å². The molecule has 1 amide bonds. The summed E-state index contributed by atoms with van der Waals surface area (Å²) in [5.41, 5.74) is 4.73. The van der Waals surface area contributed by atoms with Gasteiger partial charge in [0, 0.05) is 43.8 Å². The van der Waals surface area contributed by atoms with Crippen LogP contribution in [0.15, 0.2) is 42.7 Å². The first-order chi connectivity index (χ1) is 14.7. The first kappa shape index (κ1) is 23.1. The molecular weight excluding hydrogens is 386 g/mol. The van der Waals surface area contributed by atoms with E-state index < -0.39 is 5.60 Å². The molecule has 0 unspecified atom stereocenters. The van der Waals surface area contributed by atoms with Gasteiger partial charge in [-0.05, 0) is 89.6 Å². The fourth-order valence-electron chi connectivity index (χ4n) is 4.33. The van der Waals surface area contributed by atoms with Gasteiger partial charge in [0.1, 0.15) is 5.60 Å². The standard InChI is InChI=1S/C26H37N3O2/c1-20-8-9-24(21(2)19-20)29(18-12-22-10-14-27-15-11-22)23-7-6-16-28(17-13-23)25(30)31-26(3,4)5/h8-11,14-15,19,23H,6-7,12-13,16-18H2,1-5H3/t23-/m0/s1. The number of carbonyl (C=O) groups excluding carboxylic acids is 1. The van der Waals surface area contributed by atoms with Gasteiger partial charge in [-0.25, -0.2) is 4.79 Å². The number of ether oxygens (including phenoxy) is 1. The number of likely N-dealkylation sites (tertiary alicyclic amines) is 1. The average molecular weight is 424 g/mol. The quantitative estimate of drug-likeness (QED) is 0.634. The Morgan fingerprint density at radius 1 is 1.13 bits per heavy atom. The second-order valence-corrected chi connectivity index (χ2v) is 9.64. The summed E-state index contributed by atoms with van der Waals surface area (Å²) in [6.45, 7) is 12.6. The molecule has 1 fully saturated rings. The molecule has 0 N–H and O–H groups in total. The number of hydrogen-bond donors (Lipinski definition) is 0. The fourth-order valence-corrected chi connectivity index (χ4v) is 4.33. The molecule has 1 aliphatic rings. The van der Waals surface area contributed by atoms with E-state index in [9.17, 15) is 4.79 Å². The molecule has 0 bridgehead atoms. The summed E-state index contributed by atoms with van der Waals surface area (Å²) in [5, 5.41) is 0. The smallest absolute Gasteiger partial charge is 0.410 e. The monoisotopic (exact) mass is 423 g/mol. The number of hydrogen-bond acceptors (Lipinski definition) is 4. The lowest BCUT2D eigenvalue weighted by molar-refractivity contribution is 0.0256. The van der Waals surface area contributed by atoms with E-state index in [2.05, 4.69) is 54.1 Å². The van der Waals surface area contributed by atoms with Crippen LogP contribution in [0.3, 0.4) is 0 Å². The Hall–Kier alpha value is -2.56. The van der Waals surface area contributed by atoms with Gasteiger partial charge in [-0.2, -0.15) is 0 Å². The first-order valence-electron chi connectivity index (χ1n) is 11.4. The van der Waals surface area contributed by atoms with Crippen LogP contribution in [0.25, 0.3) is 0 Å². The summed E-state index contributed by atoms with van der Waals surface area (Å²) in [6.07, 6.45) is 7.51. The minimum absolute atomic E-state index is 0.192. The molecule has 0 saturated carbocycles. The van der Waals surface area contributed by atoms with Crippen molar-refractivity contribution < 1.29 is 9.53 Å². The number of rotatable bonds is 5. The normalized spacial score (nSPS) is 17.2. The first-order valence-corrected chi connectivity index (χ1v) is 11.4. The third-order valence-corrected chi connectivity index (χ3v) is 5.84. The van der Waals surface area contributed by atoms with E-state index in [1.807, 2.05) is 38.1 Å². The van der Waals surface area contributed by atoms with Crippen LogP contribution in [0.2, 0.25) is 0 Å². The lowest BCUT2D eigenvalue weighted by atomic mass is 10.0. The Labute approximate surface area is 187 Å². The number of amides is 1. The van der Waals surface area contributed by atoms with Crippen molar-refractivity contribution in [3.8, 4) is 0 Å². The van der Waals surface area contributed by atoms with Crippen molar-refractivity contribution in [3.63, 3.8) is 0 Å². The van der Waals surface area contributed by atoms with Crippen molar-refractivity contribution in [1.82, 2.24) is 9.88 Å². The molecule has 0 aliphatic carbocycles. The van der Waals surface area contributed by atoms with E-state index in [0.717, 1.165) is 45.3 Å². The number of aryl methyl sites for hydroxylation is 2. The van der Waals surface area contributed by atoms with E-state index >= 15 is 0 Å². The van der Waals surface area contributed by atoms with Gasteiger partial charge in [0.2, 0.25) is 0 Å².